The van der Waals surface area contributed by atoms with Gasteiger partial charge in [-0.3, -0.25) is 4.90 Å². The molecule has 0 aliphatic carbocycles. The minimum atomic E-state index is 0.481. The molecule has 4 heterocycles. The highest BCUT2D eigenvalue weighted by Crippen LogP contribution is 2.21. The van der Waals surface area contributed by atoms with Crippen molar-refractivity contribution in [1.29, 1.82) is 0 Å². The number of hydrogen-bond donors (Lipinski definition) is 0. The number of piperidine rings is 1. The molecule has 0 saturated carbocycles. The lowest BCUT2D eigenvalue weighted by molar-refractivity contribution is 0.129. The van der Waals surface area contributed by atoms with E-state index in [0.29, 0.717) is 18.5 Å². The molecule has 0 radical (unpaired) electrons. The molecule has 0 bridgehead atoms. The van der Waals surface area contributed by atoms with Crippen LogP contribution in [0.2, 0.25) is 0 Å². The van der Waals surface area contributed by atoms with Crippen LogP contribution in [0.3, 0.4) is 0 Å². The van der Waals surface area contributed by atoms with Crippen LogP contribution in [0.25, 0.3) is 0 Å². The maximum Gasteiger partial charge on any atom is 0.316 e. The van der Waals surface area contributed by atoms with Crippen LogP contribution in [0.1, 0.15) is 30.9 Å². The third kappa shape index (κ3) is 3.34. The highest BCUT2D eigenvalue weighted by molar-refractivity contribution is 5.00. The van der Waals surface area contributed by atoms with E-state index in [1.165, 1.54) is 6.42 Å². The summed E-state index contributed by atoms with van der Waals surface area (Å²) in [6.45, 7) is 4.89. The minimum absolute atomic E-state index is 0.481. The quantitative estimate of drug-likeness (QED) is 0.829. The molecular formula is C16H22N6O. The Morgan fingerprint density at radius 1 is 1.09 bits per heavy atom. The van der Waals surface area contributed by atoms with Gasteiger partial charge in [0.2, 0.25) is 0 Å². The van der Waals surface area contributed by atoms with Gasteiger partial charge in [0.15, 0.2) is 0 Å². The first-order valence-electron chi connectivity index (χ1n) is 8.41. The van der Waals surface area contributed by atoms with Gasteiger partial charge in [0.25, 0.3) is 0 Å². The number of aryl methyl sites for hydroxylation is 1. The molecule has 0 atom stereocenters. The van der Waals surface area contributed by atoms with Gasteiger partial charge in [-0.05, 0) is 44.3 Å². The van der Waals surface area contributed by atoms with Crippen molar-refractivity contribution in [2.75, 3.05) is 19.7 Å². The van der Waals surface area contributed by atoms with Gasteiger partial charge in [0.1, 0.15) is 11.6 Å². The van der Waals surface area contributed by atoms with Crippen LogP contribution in [0.5, 0.6) is 6.01 Å². The summed E-state index contributed by atoms with van der Waals surface area (Å²) in [7, 11) is 0. The lowest BCUT2D eigenvalue weighted by Gasteiger charge is -2.31. The number of fused-ring (bicyclic) bond motifs is 1. The molecule has 4 rings (SSSR count). The predicted molar refractivity (Wildman–Crippen MR) is 83.9 cm³/mol. The second kappa shape index (κ2) is 6.62. The van der Waals surface area contributed by atoms with Crippen molar-refractivity contribution >= 4 is 0 Å². The molecule has 0 aromatic carbocycles. The zero-order chi connectivity index (χ0) is 15.5. The summed E-state index contributed by atoms with van der Waals surface area (Å²) < 4.78 is 7.97. The SMILES string of the molecule is c1cnc(OCC2CCN(Cc3nnc4n3CCC4)CC2)nc1. The second-order valence-corrected chi connectivity index (χ2v) is 6.35. The van der Waals surface area contributed by atoms with Gasteiger partial charge in [0.05, 0.1) is 13.2 Å². The molecule has 0 amide bonds. The molecule has 2 aliphatic rings. The van der Waals surface area contributed by atoms with Gasteiger partial charge in [-0.15, -0.1) is 10.2 Å². The van der Waals surface area contributed by atoms with Crippen molar-refractivity contribution < 1.29 is 4.74 Å². The number of ether oxygens (including phenoxy) is 1. The fraction of sp³-hybridized carbons (Fsp3) is 0.625. The fourth-order valence-corrected chi connectivity index (χ4v) is 3.39. The van der Waals surface area contributed by atoms with E-state index in [0.717, 1.165) is 57.1 Å². The Bertz CT molecular complexity index is 635. The molecule has 2 aromatic heterocycles. The molecule has 122 valence electrons. The number of rotatable bonds is 5. The Hall–Kier alpha value is -2.02. The van der Waals surface area contributed by atoms with Crippen LogP contribution in [0.15, 0.2) is 18.5 Å². The average molecular weight is 314 g/mol. The third-order valence-electron chi connectivity index (χ3n) is 4.75. The second-order valence-electron chi connectivity index (χ2n) is 6.35. The molecular weight excluding hydrogens is 292 g/mol. The number of likely N-dealkylation sites (tertiary alicyclic amines) is 1. The summed E-state index contributed by atoms with van der Waals surface area (Å²) in [6, 6.07) is 2.28. The van der Waals surface area contributed by atoms with Crippen molar-refractivity contribution in [3.8, 4) is 6.01 Å². The van der Waals surface area contributed by atoms with E-state index in [4.69, 9.17) is 4.74 Å². The monoisotopic (exact) mass is 314 g/mol. The van der Waals surface area contributed by atoms with Crippen molar-refractivity contribution in [2.45, 2.75) is 38.8 Å². The van der Waals surface area contributed by atoms with Crippen LogP contribution in [0, 0.1) is 5.92 Å². The predicted octanol–water partition coefficient (Wildman–Crippen LogP) is 1.31. The molecule has 2 aliphatic heterocycles. The molecule has 23 heavy (non-hydrogen) atoms. The largest absolute Gasteiger partial charge is 0.463 e. The zero-order valence-corrected chi connectivity index (χ0v) is 13.3. The van der Waals surface area contributed by atoms with Gasteiger partial charge in [-0.2, -0.15) is 0 Å². The van der Waals surface area contributed by atoms with Crippen molar-refractivity contribution in [2.24, 2.45) is 5.92 Å². The summed E-state index contributed by atoms with van der Waals surface area (Å²) in [6.07, 6.45) is 8.00. The third-order valence-corrected chi connectivity index (χ3v) is 4.75. The maximum absolute atomic E-state index is 5.68. The van der Waals surface area contributed by atoms with Gasteiger partial charge < -0.3 is 9.30 Å². The van der Waals surface area contributed by atoms with Crippen LogP contribution >= 0.6 is 0 Å². The summed E-state index contributed by atoms with van der Waals surface area (Å²) in [4.78, 5) is 10.7. The van der Waals surface area contributed by atoms with Gasteiger partial charge >= 0.3 is 6.01 Å². The molecule has 7 nitrogen and oxygen atoms in total. The first-order chi connectivity index (χ1) is 11.4. The Balaban J connectivity index is 1.24. The Morgan fingerprint density at radius 3 is 2.74 bits per heavy atom. The molecule has 0 spiro atoms. The normalized spacial score (nSPS) is 19.0. The topological polar surface area (TPSA) is 69.0 Å². The molecule has 0 unspecified atom stereocenters. The Kier molecular flexibility index (Phi) is 4.19. The molecule has 1 fully saturated rings. The maximum atomic E-state index is 5.68. The van der Waals surface area contributed by atoms with E-state index >= 15 is 0 Å². The lowest BCUT2D eigenvalue weighted by Crippen LogP contribution is -2.35. The van der Waals surface area contributed by atoms with Crippen molar-refractivity contribution in [1.82, 2.24) is 29.6 Å². The van der Waals surface area contributed by atoms with E-state index in [1.54, 1.807) is 18.5 Å². The van der Waals surface area contributed by atoms with Gasteiger partial charge in [0, 0.05) is 25.4 Å². The van der Waals surface area contributed by atoms with Crippen LogP contribution in [0.4, 0.5) is 0 Å². The molecule has 2 aromatic rings. The van der Waals surface area contributed by atoms with E-state index in [1.807, 2.05) is 0 Å². The Labute approximate surface area is 135 Å². The number of nitrogens with zero attached hydrogens (tertiary/aromatic N) is 6. The van der Waals surface area contributed by atoms with Crippen LogP contribution in [-0.2, 0) is 19.5 Å². The van der Waals surface area contributed by atoms with Crippen molar-refractivity contribution in [3.05, 3.63) is 30.1 Å². The van der Waals surface area contributed by atoms with E-state index < -0.39 is 0 Å². The summed E-state index contributed by atoms with van der Waals surface area (Å²) >= 11 is 0. The van der Waals surface area contributed by atoms with Gasteiger partial charge in [-0.1, -0.05) is 0 Å². The zero-order valence-electron chi connectivity index (χ0n) is 13.3. The number of hydrogen-bond acceptors (Lipinski definition) is 6. The first-order valence-corrected chi connectivity index (χ1v) is 8.41. The van der Waals surface area contributed by atoms with Gasteiger partial charge in [-0.25, -0.2) is 9.97 Å². The van der Waals surface area contributed by atoms with E-state index in [9.17, 15) is 0 Å². The number of aromatic nitrogens is 5. The minimum Gasteiger partial charge on any atom is -0.463 e. The fourth-order valence-electron chi connectivity index (χ4n) is 3.39. The molecule has 1 saturated heterocycles. The summed E-state index contributed by atoms with van der Waals surface area (Å²) in [5, 5.41) is 8.65. The van der Waals surface area contributed by atoms with E-state index in [2.05, 4.69) is 29.6 Å². The Morgan fingerprint density at radius 2 is 1.91 bits per heavy atom. The average Bonchev–Trinajstić information content (AvgIpc) is 3.20. The van der Waals surface area contributed by atoms with Crippen molar-refractivity contribution in [3.63, 3.8) is 0 Å². The lowest BCUT2D eigenvalue weighted by atomic mass is 9.98. The van der Waals surface area contributed by atoms with Crippen LogP contribution < -0.4 is 4.74 Å². The highest BCUT2D eigenvalue weighted by atomic mass is 16.5. The first kappa shape index (κ1) is 14.6. The van der Waals surface area contributed by atoms with Crippen LogP contribution in [-0.4, -0.2) is 49.3 Å². The standard InChI is InChI=1S/C16H22N6O/c1-3-14-19-20-15(22(14)8-1)11-21-9-4-13(5-10-21)12-23-16-17-6-2-7-18-16/h2,6-7,13H,1,3-5,8-12H2. The summed E-state index contributed by atoms with van der Waals surface area (Å²) in [5.74, 6) is 2.87. The smallest absolute Gasteiger partial charge is 0.316 e. The molecule has 0 N–H and O–H groups in total. The molecule has 7 heteroatoms. The summed E-state index contributed by atoms with van der Waals surface area (Å²) in [5.41, 5.74) is 0. The highest BCUT2D eigenvalue weighted by Gasteiger charge is 2.23. The van der Waals surface area contributed by atoms with E-state index in [-0.39, 0.29) is 0 Å².